The fourth-order valence-corrected chi connectivity index (χ4v) is 2.85. The lowest BCUT2D eigenvalue weighted by Gasteiger charge is -2.17. The number of hydrogen-bond acceptors (Lipinski definition) is 2. The van der Waals surface area contributed by atoms with E-state index in [-0.39, 0.29) is 0 Å². The summed E-state index contributed by atoms with van der Waals surface area (Å²) < 4.78 is 0. The van der Waals surface area contributed by atoms with E-state index in [0.717, 1.165) is 17.5 Å². The van der Waals surface area contributed by atoms with Crippen LogP contribution in [0.2, 0.25) is 0 Å². The molecule has 2 unspecified atom stereocenters. The number of benzene rings is 1. The maximum absolute atomic E-state index is 11.0. The van der Waals surface area contributed by atoms with Crippen molar-refractivity contribution in [2.24, 2.45) is 11.8 Å². The number of fused-ring (bicyclic) bond motifs is 1. The summed E-state index contributed by atoms with van der Waals surface area (Å²) in [4.78, 5) is 11.0. The Bertz CT molecular complexity index is 420. The van der Waals surface area contributed by atoms with Gasteiger partial charge in [-0.15, -0.1) is 0 Å². The van der Waals surface area contributed by atoms with E-state index >= 15 is 0 Å². The number of aromatic carboxylic acids is 1. The average molecular weight is 217 g/mol. The molecule has 2 aliphatic rings. The molecule has 0 amide bonds. The Morgan fingerprint density at radius 2 is 1.88 bits per heavy atom. The van der Waals surface area contributed by atoms with E-state index in [1.54, 1.807) is 12.1 Å². The highest BCUT2D eigenvalue weighted by molar-refractivity contribution is 5.94. The normalized spacial score (nSPS) is 30.9. The second-order valence-corrected chi connectivity index (χ2v) is 4.92. The van der Waals surface area contributed by atoms with Crippen molar-refractivity contribution < 1.29 is 9.90 Å². The molecule has 3 nitrogen and oxygen atoms in total. The lowest BCUT2D eigenvalue weighted by Crippen LogP contribution is -2.18. The van der Waals surface area contributed by atoms with Crippen molar-refractivity contribution in [3.05, 3.63) is 29.8 Å². The number of para-hydroxylation sites is 1. The summed E-state index contributed by atoms with van der Waals surface area (Å²) in [5.74, 6) is 0.968. The van der Waals surface area contributed by atoms with Gasteiger partial charge in [0, 0.05) is 11.7 Å². The quantitative estimate of drug-likeness (QED) is 0.818. The van der Waals surface area contributed by atoms with Crippen molar-refractivity contribution in [3.8, 4) is 0 Å². The lowest BCUT2D eigenvalue weighted by molar-refractivity contribution is 0.0698. The third kappa shape index (κ3) is 1.66. The van der Waals surface area contributed by atoms with Gasteiger partial charge in [-0.05, 0) is 43.2 Å². The third-order valence-corrected chi connectivity index (χ3v) is 3.76. The summed E-state index contributed by atoms with van der Waals surface area (Å²) >= 11 is 0. The molecule has 0 bridgehead atoms. The highest BCUT2D eigenvalue weighted by Crippen LogP contribution is 2.52. The SMILES string of the molecule is O=C(O)c1ccccc1NC1CC2CC2C1. The van der Waals surface area contributed by atoms with Gasteiger partial charge in [-0.3, -0.25) is 0 Å². The van der Waals surface area contributed by atoms with E-state index in [0.29, 0.717) is 11.6 Å². The van der Waals surface area contributed by atoms with Crippen LogP contribution in [0, 0.1) is 11.8 Å². The summed E-state index contributed by atoms with van der Waals surface area (Å²) in [5, 5.41) is 12.4. The van der Waals surface area contributed by atoms with Crippen LogP contribution in [0.1, 0.15) is 29.6 Å². The number of nitrogens with one attached hydrogen (secondary N) is 1. The molecule has 2 saturated carbocycles. The molecule has 1 aromatic carbocycles. The van der Waals surface area contributed by atoms with Crippen LogP contribution in [0.5, 0.6) is 0 Å². The van der Waals surface area contributed by atoms with E-state index in [1.165, 1.54) is 19.3 Å². The van der Waals surface area contributed by atoms with Crippen LogP contribution in [0.25, 0.3) is 0 Å². The highest BCUT2D eigenvalue weighted by Gasteiger charge is 2.45. The topological polar surface area (TPSA) is 49.3 Å². The Morgan fingerprint density at radius 1 is 1.19 bits per heavy atom. The van der Waals surface area contributed by atoms with E-state index in [2.05, 4.69) is 5.32 Å². The van der Waals surface area contributed by atoms with Crippen molar-refractivity contribution >= 4 is 11.7 Å². The molecule has 0 heterocycles. The zero-order valence-corrected chi connectivity index (χ0v) is 9.02. The van der Waals surface area contributed by atoms with Gasteiger partial charge in [0.15, 0.2) is 0 Å². The molecule has 16 heavy (non-hydrogen) atoms. The number of hydrogen-bond donors (Lipinski definition) is 2. The van der Waals surface area contributed by atoms with Gasteiger partial charge in [0.2, 0.25) is 0 Å². The third-order valence-electron chi connectivity index (χ3n) is 3.76. The van der Waals surface area contributed by atoms with Gasteiger partial charge in [0.05, 0.1) is 5.56 Å². The minimum Gasteiger partial charge on any atom is -0.478 e. The molecular formula is C13H15NO2. The van der Waals surface area contributed by atoms with Gasteiger partial charge in [0.25, 0.3) is 0 Å². The monoisotopic (exact) mass is 217 g/mol. The molecule has 2 fully saturated rings. The summed E-state index contributed by atoms with van der Waals surface area (Å²) in [5.41, 5.74) is 1.14. The molecule has 1 aromatic rings. The standard InChI is InChI=1S/C13H15NO2/c15-13(16)11-3-1-2-4-12(11)14-10-6-8-5-9(8)7-10/h1-4,8-10,14H,5-7H2,(H,15,16). The summed E-state index contributed by atoms with van der Waals surface area (Å²) in [6.07, 6.45) is 3.80. The molecule has 2 atom stereocenters. The van der Waals surface area contributed by atoms with Crippen LogP contribution in [0.4, 0.5) is 5.69 Å². The number of carbonyl (C=O) groups is 1. The maximum atomic E-state index is 11.0. The van der Waals surface area contributed by atoms with Gasteiger partial charge in [-0.2, -0.15) is 0 Å². The van der Waals surface area contributed by atoms with Crippen molar-refractivity contribution in [1.82, 2.24) is 0 Å². The zero-order chi connectivity index (χ0) is 11.1. The van der Waals surface area contributed by atoms with Gasteiger partial charge >= 0.3 is 5.97 Å². The fourth-order valence-electron chi connectivity index (χ4n) is 2.85. The predicted molar refractivity (Wildman–Crippen MR) is 61.6 cm³/mol. The highest BCUT2D eigenvalue weighted by atomic mass is 16.4. The van der Waals surface area contributed by atoms with Gasteiger partial charge < -0.3 is 10.4 Å². The summed E-state index contributed by atoms with van der Waals surface area (Å²) in [6, 6.07) is 7.63. The van der Waals surface area contributed by atoms with Gasteiger partial charge in [0.1, 0.15) is 0 Å². The van der Waals surface area contributed by atoms with Crippen LogP contribution >= 0.6 is 0 Å². The Hall–Kier alpha value is -1.51. The predicted octanol–water partition coefficient (Wildman–Crippen LogP) is 2.60. The minimum atomic E-state index is -0.855. The van der Waals surface area contributed by atoms with Gasteiger partial charge in [-0.1, -0.05) is 12.1 Å². The van der Waals surface area contributed by atoms with Crippen molar-refractivity contribution in [2.75, 3.05) is 5.32 Å². The molecule has 2 N–H and O–H groups in total. The Labute approximate surface area is 94.5 Å². The minimum absolute atomic E-state index is 0.378. The number of anilines is 1. The molecular weight excluding hydrogens is 202 g/mol. The maximum Gasteiger partial charge on any atom is 0.337 e. The van der Waals surface area contributed by atoms with Crippen molar-refractivity contribution in [1.29, 1.82) is 0 Å². The molecule has 0 spiro atoms. The zero-order valence-electron chi connectivity index (χ0n) is 9.02. The Balaban J connectivity index is 1.75. The van der Waals surface area contributed by atoms with E-state index in [1.807, 2.05) is 12.1 Å². The molecule has 2 aliphatic carbocycles. The van der Waals surface area contributed by atoms with Crippen molar-refractivity contribution in [2.45, 2.75) is 25.3 Å². The molecule has 3 rings (SSSR count). The lowest BCUT2D eigenvalue weighted by atomic mass is 10.1. The van der Waals surface area contributed by atoms with Crippen molar-refractivity contribution in [3.63, 3.8) is 0 Å². The second-order valence-electron chi connectivity index (χ2n) is 4.92. The van der Waals surface area contributed by atoms with Crippen LogP contribution in [0.3, 0.4) is 0 Å². The van der Waals surface area contributed by atoms with Crippen LogP contribution < -0.4 is 5.32 Å². The smallest absolute Gasteiger partial charge is 0.337 e. The first-order valence-electron chi connectivity index (χ1n) is 5.83. The number of rotatable bonds is 3. The molecule has 0 aromatic heterocycles. The molecule has 0 radical (unpaired) electrons. The van der Waals surface area contributed by atoms with E-state index < -0.39 is 5.97 Å². The van der Waals surface area contributed by atoms with Crippen LogP contribution in [-0.2, 0) is 0 Å². The Morgan fingerprint density at radius 3 is 2.56 bits per heavy atom. The summed E-state index contributed by atoms with van der Waals surface area (Å²) in [6.45, 7) is 0. The number of carboxylic acids is 1. The summed E-state index contributed by atoms with van der Waals surface area (Å²) in [7, 11) is 0. The van der Waals surface area contributed by atoms with E-state index in [9.17, 15) is 4.79 Å². The first-order valence-corrected chi connectivity index (χ1v) is 5.83. The molecule has 84 valence electrons. The van der Waals surface area contributed by atoms with Crippen LogP contribution in [-0.4, -0.2) is 17.1 Å². The molecule has 0 saturated heterocycles. The second kappa shape index (κ2) is 3.51. The molecule has 0 aliphatic heterocycles. The Kier molecular flexibility index (Phi) is 2.13. The van der Waals surface area contributed by atoms with Gasteiger partial charge in [-0.25, -0.2) is 4.79 Å². The number of carboxylic acid groups (broad SMARTS) is 1. The van der Waals surface area contributed by atoms with E-state index in [4.69, 9.17) is 5.11 Å². The fraction of sp³-hybridized carbons (Fsp3) is 0.462. The largest absolute Gasteiger partial charge is 0.478 e. The van der Waals surface area contributed by atoms with Crippen LogP contribution in [0.15, 0.2) is 24.3 Å². The first-order chi connectivity index (χ1) is 7.74. The molecule has 3 heteroatoms. The first kappa shape index (κ1) is 9.70. The average Bonchev–Trinajstić information content (AvgIpc) is 2.87.